The molecule has 530 valence electrons. The largest absolute Gasteiger partial charge is 0.454 e. The first kappa shape index (κ1) is 73.8. The van der Waals surface area contributed by atoms with Crippen LogP contribution in [0.2, 0.25) is 0 Å². The number of esters is 1. The minimum Gasteiger partial charge on any atom is -0.454 e. The summed E-state index contributed by atoms with van der Waals surface area (Å²) in [5.41, 5.74) is 6.46. The Bertz CT molecular complexity index is 3540. The van der Waals surface area contributed by atoms with Crippen LogP contribution in [-0.4, -0.2) is 132 Å². The fraction of sp³-hybridized carbons (Fsp3) is 0.410. The summed E-state index contributed by atoms with van der Waals surface area (Å²) in [5, 5.41) is 0. The quantitative estimate of drug-likeness (QED) is 0.0340. The molecular weight excluding hydrogens is 1270 g/mol. The van der Waals surface area contributed by atoms with E-state index in [2.05, 4.69) is 0 Å². The minimum absolute atomic E-state index is 0.0144. The fourth-order valence-corrected chi connectivity index (χ4v) is 12.3. The molecule has 0 spiro atoms. The summed E-state index contributed by atoms with van der Waals surface area (Å²) in [6, 6.07) is 79.3. The van der Waals surface area contributed by atoms with Crippen molar-refractivity contribution in [3.8, 4) is 0 Å². The summed E-state index contributed by atoms with van der Waals surface area (Å²) >= 11 is 0. The van der Waals surface area contributed by atoms with Crippen molar-refractivity contribution in [2.24, 2.45) is 5.41 Å². The van der Waals surface area contributed by atoms with Gasteiger partial charge in [0.25, 0.3) is 0 Å². The van der Waals surface area contributed by atoms with Crippen LogP contribution < -0.4 is 0 Å². The van der Waals surface area contributed by atoms with Gasteiger partial charge in [-0.05, 0) is 71.7 Å². The van der Waals surface area contributed by atoms with Crippen LogP contribution in [0.4, 0.5) is 0 Å². The van der Waals surface area contributed by atoms with E-state index in [0.29, 0.717) is 6.42 Å². The maximum atomic E-state index is 14.8. The molecule has 0 saturated carbocycles. The minimum atomic E-state index is -1.41. The number of hydrogen-bond donors (Lipinski definition) is 0. The van der Waals surface area contributed by atoms with Gasteiger partial charge >= 0.3 is 5.97 Å². The molecule has 100 heavy (non-hydrogen) atoms. The molecule has 17 heteroatoms. The smallest absolute Gasteiger partial charge is 0.311 e. The summed E-state index contributed by atoms with van der Waals surface area (Å²) < 4.78 is 113. The maximum absolute atomic E-state index is 14.8. The van der Waals surface area contributed by atoms with Gasteiger partial charge in [-0.2, -0.15) is 0 Å². The van der Waals surface area contributed by atoms with Crippen molar-refractivity contribution in [2.75, 3.05) is 33.5 Å². The molecule has 3 heterocycles. The normalized spacial score (nSPS) is 25.5. The van der Waals surface area contributed by atoms with Crippen molar-refractivity contribution in [2.45, 2.75) is 179 Å². The first-order valence-corrected chi connectivity index (χ1v) is 34.8. The molecule has 8 aromatic rings. The van der Waals surface area contributed by atoms with Crippen molar-refractivity contribution >= 4 is 5.97 Å². The van der Waals surface area contributed by atoms with E-state index in [1.54, 1.807) is 27.9 Å². The van der Waals surface area contributed by atoms with Crippen molar-refractivity contribution in [1.29, 1.82) is 0 Å². The molecule has 8 aromatic carbocycles. The van der Waals surface area contributed by atoms with Crippen molar-refractivity contribution in [3.05, 3.63) is 287 Å². The number of carbonyl (C=O) groups is 1. The zero-order chi connectivity index (χ0) is 69.1. The van der Waals surface area contributed by atoms with E-state index in [9.17, 15) is 4.79 Å². The molecular formula is C83H96O17. The summed E-state index contributed by atoms with van der Waals surface area (Å²) in [6.07, 6.45) is -15.2. The van der Waals surface area contributed by atoms with Gasteiger partial charge in [-0.3, -0.25) is 4.79 Å². The van der Waals surface area contributed by atoms with Gasteiger partial charge in [0.2, 0.25) is 0 Å². The molecule has 0 aromatic heterocycles. The molecule has 17 nitrogen and oxygen atoms in total. The van der Waals surface area contributed by atoms with Crippen LogP contribution in [0.1, 0.15) is 78.6 Å². The van der Waals surface area contributed by atoms with Crippen LogP contribution in [-0.2, 0) is 133 Å². The lowest BCUT2D eigenvalue weighted by atomic mass is 9.94. The molecule has 0 N–H and O–H groups in total. The van der Waals surface area contributed by atoms with E-state index in [1.165, 1.54) is 0 Å². The molecule has 15 atom stereocenters. The highest BCUT2D eigenvalue weighted by Gasteiger charge is 2.58. The van der Waals surface area contributed by atoms with E-state index in [-0.39, 0.29) is 79.3 Å². The Hall–Kier alpha value is -7.37. The molecule has 3 saturated heterocycles. The predicted molar refractivity (Wildman–Crippen MR) is 375 cm³/mol. The Morgan fingerprint density at radius 3 is 0.920 bits per heavy atom. The van der Waals surface area contributed by atoms with E-state index in [0.717, 1.165) is 44.5 Å². The number of rotatable bonds is 36. The van der Waals surface area contributed by atoms with E-state index >= 15 is 0 Å². The molecule has 3 aliphatic rings. The molecule has 0 aliphatic carbocycles. The van der Waals surface area contributed by atoms with Gasteiger partial charge in [0, 0.05) is 13.7 Å². The summed E-state index contributed by atoms with van der Waals surface area (Å²) in [7, 11) is 1.56. The van der Waals surface area contributed by atoms with Gasteiger partial charge in [0.15, 0.2) is 25.0 Å². The molecule has 6 unspecified atom stereocenters. The lowest BCUT2D eigenvalue weighted by Crippen LogP contribution is -2.68. The molecule has 0 bridgehead atoms. The summed E-state index contributed by atoms with van der Waals surface area (Å²) in [6.45, 7) is 9.32. The summed E-state index contributed by atoms with van der Waals surface area (Å²) in [5.74, 6) is -0.529. The number of ether oxygens (including phenoxy) is 16. The highest BCUT2D eigenvalue weighted by atomic mass is 16.8. The van der Waals surface area contributed by atoms with Gasteiger partial charge in [0.1, 0.15) is 67.1 Å². The Labute approximate surface area is 589 Å². The van der Waals surface area contributed by atoms with Gasteiger partial charge < -0.3 is 75.8 Å². The average molecular weight is 1370 g/mol. The van der Waals surface area contributed by atoms with Crippen molar-refractivity contribution < 1.29 is 80.6 Å². The van der Waals surface area contributed by atoms with Crippen LogP contribution in [0.5, 0.6) is 0 Å². The van der Waals surface area contributed by atoms with E-state index in [1.807, 2.05) is 250 Å². The number of methoxy groups -OCH3 is 1. The second-order valence-corrected chi connectivity index (χ2v) is 26.3. The molecule has 3 aliphatic heterocycles. The molecule has 0 radical (unpaired) electrons. The van der Waals surface area contributed by atoms with Crippen molar-refractivity contribution in [1.82, 2.24) is 0 Å². The van der Waals surface area contributed by atoms with Gasteiger partial charge in [0.05, 0.1) is 78.1 Å². The zero-order valence-electron chi connectivity index (χ0n) is 57.9. The first-order chi connectivity index (χ1) is 49.1. The average Bonchev–Trinajstić information content (AvgIpc) is 0.775. The number of hydrogen-bond acceptors (Lipinski definition) is 17. The first-order valence-electron chi connectivity index (χ1n) is 34.8. The number of carbonyl (C=O) groups excluding carboxylic acids is 1. The topological polar surface area (TPSA) is 165 Å². The molecule has 0 amide bonds. The fourth-order valence-electron chi connectivity index (χ4n) is 12.3. The highest BCUT2D eigenvalue weighted by Crippen LogP contribution is 2.40. The summed E-state index contributed by atoms with van der Waals surface area (Å²) in [4.78, 5) is 14.8. The second-order valence-electron chi connectivity index (χ2n) is 26.3. The van der Waals surface area contributed by atoms with E-state index in [4.69, 9.17) is 75.8 Å². The third kappa shape index (κ3) is 21.6. The third-order valence-corrected chi connectivity index (χ3v) is 17.6. The van der Waals surface area contributed by atoms with Crippen LogP contribution in [0.15, 0.2) is 243 Å². The Balaban J connectivity index is 1.01. The van der Waals surface area contributed by atoms with Crippen LogP contribution in [0.3, 0.4) is 0 Å². The lowest BCUT2D eigenvalue weighted by Gasteiger charge is -2.51. The lowest BCUT2D eigenvalue weighted by molar-refractivity contribution is -0.396. The third-order valence-electron chi connectivity index (χ3n) is 17.6. The Morgan fingerprint density at radius 2 is 0.590 bits per heavy atom. The van der Waals surface area contributed by atoms with Gasteiger partial charge in [-0.25, -0.2) is 0 Å². The highest BCUT2D eigenvalue weighted by molar-refractivity contribution is 5.75. The van der Waals surface area contributed by atoms with E-state index < -0.39 is 104 Å². The zero-order valence-corrected chi connectivity index (χ0v) is 57.9. The second kappa shape index (κ2) is 38.6. The predicted octanol–water partition coefficient (Wildman–Crippen LogP) is 13.9. The molecule has 3 fully saturated rings. The van der Waals surface area contributed by atoms with Gasteiger partial charge in [-0.1, -0.05) is 250 Å². The Kier molecular flexibility index (Phi) is 28.5. The monoisotopic (exact) mass is 1360 g/mol. The number of benzene rings is 8. The van der Waals surface area contributed by atoms with Crippen LogP contribution >= 0.6 is 0 Å². The van der Waals surface area contributed by atoms with Crippen molar-refractivity contribution in [3.63, 3.8) is 0 Å². The Morgan fingerprint density at radius 1 is 0.320 bits per heavy atom. The standard InChI is InChI=1S/C83H96O17/c1-6-47-89-75-72(98-81-78(100-82(84)83(2,3)4)74(93-54-65-43-27-13-28-44-65)71(91-52-63-39-23-11-24-40-63)68(97-81)57-87-49-60-33-17-8-18-34-60)69(58-88-50-61-35-19-9-20-36-61)95-79(85-5)77(75)99-80-76(94-55-66-45-29-14-30-46-66)73(92-53-64-41-25-12-26-42-64)70(90-51-62-37-21-10-22-38-62)67(96-80)56-86-48-59-31-15-7-16-32-59/h7-46,67-81H,6,47-58H2,1-5H3/t67?,68?,69?,70-,71-,72-,73-,74+,75+,76?,77?,78?,79-,80-,81+/m1/s1. The van der Waals surface area contributed by atoms with Crippen LogP contribution in [0, 0.1) is 5.41 Å². The maximum Gasteiger partial charge on any atom is 0.311 e. The van der Waals surface area contributed by atoms with Gasteiger partial charge in [-0.15, -0.1) is 0 Å². The SMILES string of the molecule is CCCO[C@@H]1C(O[C@H]2OC(COCc3ccccc3)[C@@H](OCc3ccccc3)[C@@H](OCc3ccccc3)C2OCc2ccccc2)[C@H](OC)OC(COCc2ccccc2)[C@H]1O[C@@H]1OC(COCc2ccccc2)[C@@H](OCc2ccccc2)[C@H](OCc2ccccc2)C1OC(=O)C(C)(C)C. The molecule has 11 rings (SSSR count). The van der Waals surface area contributed by atoms with Crippen LogP contribution in [0.25, 0.3) is 0 Å².